The van der Waals surface area contributed by atoms with Gasteiger partial charge in [0.1, 0.15) is 0 Å². The molecule has 7 nitrogen and oxygen atoms in total. The van der Waals surface area contributed by atoms with Crippen LogP contribution in [0.25, 0.3) is 0 Å². The minimum absolute atomic E-state index is 0.0658. The predicted molar refractivity (Wildman–Crippen MR) is 68.3 cm³/mol. The SMILES string of the molecule is COC(=O)C1CN(c2nc(Cl)nc(OC)n2)CC1C. The number of anilines is 1. The molecular formula is C11H15ClN4O3. The van der Waals surface area contributed by atoms with Gasteiger partial charge in [-0.05, 0) is 17.5 Å². The third-order valence-corrected chi connectivity index (χ3v) is 3.33. The third-order valence-electron chi connectivity index (χ3n) is 3.16. The molecule has 19 heavy (non-hydrogen) atoms. The monoisotopic (exact) mass is 286 g/mol. The average molecular weight is 287 g/mol. The summed E-state index contributed by atoms with van der Waals surface area (Å²) in [5.41, 5.74) is 0. The van der Waals surface area contributed by atoms with Crippen molar-refractivity contribution in [3.05, 3.63) is 5.28 Å². The number of carbonyl (C=O) groups excluding carboxylic acids is 1. The molecule has 1 aromatic rings. The molecule has 1 aliphatic rings. The van der Waals surface area contributed by atoms with Crippen molar-refractivity contribution < 1.29 is 14.3 Å². The summed E-state index contributed by atoms with van der Waals surface area (Å²) in [6, 6.07) is 0.157. The summed E-state index contributed by atoms with van der Waals surface area (Å²) >= 11 is 5.81. The number of aromatic nitrogens is 3. The Bertz CT molecular complexity index is 485. The molecule has 0 aliphatic carbocycles. The van der Waals surface area contributed by atoms with Crippen LogP contribution in [-0.4, -0.2) is 48.2 Å². The summed E-state index contributed by atoms with van der Waals surface area (Å²) in [4.78, 5) is 25.5. The van der Waals surface area contributed by atoms with Crippen LogP contribution in [0.1, 0.15) is 6.92 Å². The molecule has 0 saturated carbocycles. The number of hydrogen-bond acceptors (Lipinski definition) is 7. The summed E-state index contributed by atoms with van der Waals surface area (Å²) < 4.78 is 9.74. The van der Waals surface area contributed by atoms with E-state index >= 15 is 0 Å². The molecule has 0 spiro atoms. The first-order valence-electron chi connectivity index (χ1n) is 5.83. The van der Waals surface area contributed by atoms with Crippen LogP contribution in [0.2, 0.25) is 5.28 Å². The quantitative estimate of drug-likeness (QED) is 0.760. The van der Waals surface area contributed by atoms with Gasteiger partial charge in [-0.1, -0.05) is 6.92 Å². The lowest BCUT2D eigenvalue weighted by Gasteiger charge is -2.15. The highest BCUT2D eigenvalue weighted by Crippen LogP contribution is 2.27. The van der Waals surface area contributed by atoms with E-state index in [0.29, 0.717) is 19.0 Å². The molecule has 0 bridgehead atoms. The largest absolute Gasteiger partial charge is 0.469 e. The second-order valence-electron chi connectivity index (χ2n) is 4.40. The van der Waals surface area contributed by atoms with Gasteiger partial charge in [-0.15, -0.1) is 0 Å². The summed E-state index contributed by atoms with van der Waals surface area (Å²) in [5, 5.41) is 0.0658. The lowest BCUT2D eigenvalue weighted by molar-refractivity contribution is -0.145. The number of halogens is 1. The first-order valence-corrected chi connectivity index (χ1v) is 6.21. The fraction of sp³-hybridized carbons (Fsp3) is 0.636. The van der Waals surface area contributed by atoms with E-state index in [2.05, 4.69) is 15.0 Å². The predicted octanol–water partition coefficient (Wildman–Crippen LogP) is 0.779. The highest BCUT2D eigenvalue weighted by Gasteiger charge is 2.37. The average Bonchev–Trinajstić information content (AvgIpc) is 2.79. The van der Waals surface area contributed by atoms with E-state index in [4.69, 9.17) is 21.1 Å². The lowest BCUT2D eigenvalue weighted by Crippen LogP contribution is -2.25. The van der Waals surface area contributed by atoms with Gasteiger partial charge in [0.05, 0.1) is 20.1 Å². The summed E-state index contributed by atoms with van der Waals surface area (Å²) in [7, 11) is 2.85. The molecule has 0 amide bonds. The molecular weight excluding hydrogens is 272 g/mol. The Labute approximate surface area is 115 Å². The molecule has 1 saturated heterocycles. The minimum atomic E-state index is -0.220. The molecule has 0 N–H and O–H groups in total. The number of hydrogen-bond donors (Lipinski definition) is 0. The van der Waals surface area contributed by atoms with Crippen molar-refractivity contribution >= 4 is 23.5 Å². The molecule has 2 unspecified atom stereocenters. The van der Waals surface area contributed by atoms with Gasteiger partial charge in [0.15, 0.2) is 0 Å². The Balaban J connectivity index is 2.20. The van der Waals surface area contributed by atoms with E-state index in [1.165, 1.54) is 14.2 Å². The van der Waals surface area contributed by atoms with E-state index in [-0.39, 0.29) is 29.1 Å². The number of esters is 1. The van der Waals surface area contributed by atoms with Gasteiger partial charge in [0.2, 0.25) is 11.2 Å². The number of ether oxygens (including phenoxy) is 2. The highest BCUT2D eigenvalue weighted by atomic mass is 35.5. The number of carbonyl (C=O) groups is 1. The summed E-state index contributed by atoms with van der Waals surface area (Å²) in [6.07, 6.45) is 0. The van der Waals surface area contributed by atoms with Crippen molar-refractivity contribution in [2.45, 2.75) is 6.92 Å². The van der Waals surface area contributed by atoms with Crippen molar-refractivity contribution in [3.63, 3.8) is 0 Å². The van der Waals surface area contributed by atoms with Crippen LogP contribution >= 0.6 is 11.6 Å². The van der Waals surface area contributed by atoms with Crippen molar-refractivity contribution in [1.29, 1.82) is 0 Å². The summed E-state index contributed by atoms with van der Waals surface area (Å²) in [5.74, 6) is 0.165. The molecule has 104 valence electrons. The summed E-state index contributed by atoms with van der Waals surface area (Å²) in [6.45, 7) is 3.14. The molecule has 2 heterocycles. The Morgan fingerprint density at radius 2 is 2.05 bits per heavy atom. The molecule has 2 rings (SSSR count). The topological polar surface area (TPSA) is 77.4 Å². The lowest BCUT2D eigenvalue weighted by atomic mass is 9.99. The molecule has 0 radical (unpaired) electrons. The first kappa shape index (κ1) is 13.8. The van der Waals surface area contributed by atoms with E-state index in [1.807, 2.05) is 11.8 Å². The van der Waals surface area contributed by atoms with Crippen molar-refractivity contribution in [3.8, 4) is 6.01 Å². The van der Waals surface area contributed by atoms with Crippen molar-refractivity contribution in [1.82, 2.24) is 15.0 Å². The normalized spacial score (nSPS) is 22.4. The zero-order chi connectivity index (χ0) is 14.0. The van der Waals surface area contributed by atoms with Crippen LogP contribution in [0.5, 0.6) is 6.01 Å². The zero-order valence-corrected chi connectivity index (χ0v) is 11.7. The number of methoxy groups -OCH3 is 2. The van der Waals surface area contributed by atoms with E-state index in [0.717, 1.165) is 0 Å². The van der Waals surface area contributed by atoms with Gasteiger partial charge < -0.3 is 14.4 Å². The maximum Gasteiger partial charge on any atom is 0.322 e. The van der Waals surface area contributed by atoms with Crippen LogP contribution in [0.15, 0.2) is 0 Å². The van der Waals surface area contributed by atoms with Crippen LogP contribution < -0.4 is 9.64 Å². The van der Waals surface area contributed by atoms with Crippen LogP contribution in [0.4, 0.5) is 5.95 Å². The van der Waals surface area contributed by atoms with Gasteiger partial charge in [-0.25, -0.2) is 0 Å². The standard InChI is InChI=1S/C11H15ClN4O3/c1-6-4-16(5-7(6)8(17)18-2)10-13-9(12)14-11(15-10)19-3/h6-7H,4-5H2,1-3H3. The van der Waals surface area contributed by atoms with Crippen molar-refractivity contribution in [2.75, 3.05) is 32.2 Å². The van der Waals surface area contributed by atoms with E-state index in [1.54, 1.807) is 0 Å². The van der Waals surface area contributed by atoms with Gasteiger partial charge in [0, 0.05) is 13.1 Å². The Morgan fingerprint density at radius 1 is 1.32 bits per heavy atom. The van der Waals surface area contributed by atoms with Gasteiger partial charge >= 0.3 is 12.0 Å². The maximum atomic E-state index is 11.6. The molecule has 1 aliphatic heterocycles. The van der Waals surface area contributed by atoms with Crippen LogP contribution in [-0.2, 0) is 9.53 Å². The van der Waals surface area contributed by atoms with Crippen LogP contribution in [0.3, 0.4) is 0 Å². The third kappa shape index (κ3) is 2.86. The van der Waals surface area contributed by atoms with Gasteiger partial charge in [-0.2, -0.15) is 15.0 Å². The number of rotatable bonds is 3. The fourth-order valence-corrected chi connectivity index (χ4v) is 2.29. The molecule has 0 aromatic carbocycles. The Hall–Kier alpha value is -1.63. The number of nitrogens with zero attached hydrogens (tertiary/aromatic N) is 4. The molecule has 8 heteroatoms. The van der Waals surface area contributed by atoms with Crippen molar-refractivity contribution in [2.24, 2.45) is 11.8 Å². The maximum absolute atomic E-state index is 11.6. The second kappa shape index (κ2) is 5.56. The second-order valence-corrected chi connectivity index (χ2v) is 4.74. The van der Waals surface area contributed by atoms with Gasteiger partial charge in [-0.3, -0.25) is 4.79 Å². The van der Waals surface area contributed by atoms with Gasteiger partial charge in [0.25, 0.3) is 0 Å². The molecule has 1 aromatic heterocycles. The first-order chi connectivity index (χ1) is 9.05. The minimum Gasteiger partial charge on any atom is -0.469 e. The van der Waals surface area contributed by atoms with E-state index in [9.17, 15) is 4.79 Å². The molecule has 2 atom stereocenters. The Morgan fingerprint density at radius 3 is 2.68 bits per heavy atom. The Kier molecular flexibility index (Phi) is 4.04. The zero-order valence-electron chi connectivity index (χ0n) is 11.0. The highest BCUT2D eigenvalue weighted by molar-refractivity contribution is 6.28. The van der Waals surface area contributed by atoms with E-state index < -0.39 is 0 Å². The fourth-order valence-electron chi connectivity index (χ4n) is 2.14. The van der Waals surface area contributed by atoms with Crippen LogP contribution in [0, 0.1) is 11.8 Å². The molecule has 1 fully saturated rings. The smallest absolute Gasteiger partial charge is 0.322 e.